The zero-order valence-electron chi connectivity index (χ0n) is 7.80. The summed E-state index contributed by atoms with van der Waals surface area (Å²) in [5, 5.41) is 2.01. The van der Waals surface area contributed by atoms with E-state index < -0.39 is 0 Å². The fourth-order valence-corrected chi connectivity index (χ4v) is 1.80. The Kier molecular flexibility index (Phi) is 2.45. The predicted octanol–water partition coefficient (Wildman–Crippen LogP) is 1.66. The molecule has 72 valence electrons. The second kappa shape index (κ2) is 3.75. The molecule has 0 amide bonds. The normalized spacial score (nSPS) is 10.4. The van der Waals surface area contributed by atoms with Crippen LogP contribution < -0.4 is 5.43 Å². The Hall–Kier alpha value is -1.42. The number of hydrogen-bond acceptors (Lipinski definition) is 3. The van der Waals surface area contributed by atoms with E-state index in [-0.39, 0.29) is 5.43 Å². The summed E-state index contributed by atoms with van der Waals surface area (Å²) in [6.45, 7) is 2.55. The van der Waals surface area contributed by atoms with Crippen molar-refractivity contribution in [2.45, 2.75) is 13.5 Å². The third-order valence-corrected chi connectivity index (χ3v) is 2.63. The summed E-state index contributed by atoms with van der Waals surface area (Å²) >= 11 is 1.58. The van der Waals surface area contributed by atoms with Crippen LogP contribution in [-0.2, 0) is 6.54 Å². The Morgan fingerprint density at radius 1 is 1.57 bits per heavy atom. The van der Waals surface area contributed by atoms with E-state index in [0.29, 0.717) is 0 Å². The highest BCUT2D eigenvalue weighted by molar-refractivity contribution is 7.07. The molecule has 0 saturated carbocycles. The highest BCUT2D eigenvalue weighted by Gasteiger charge is 1.97. The molecule has 0 aliphatic rings. The molecule has 0 bridgehead atoms. The van der Waals surface area contributed by atoms with Gasteiger partial charge in [-0.3, -0.25) is 4.79 Å². The molecule has 4 heteroatoms. The Morgan fingerprint density at radius 2 is 2.43 bits per heavy atom. The van der Waals surface area contributed by atoms with E-state index in [1.54, 1.807) is 23.6 Å². The van der Waals surface area contributed by atoms with Crippen molar-refractivity contribution < 1.29 is 0 Å². The fraction of sp³-hybridized carbons (Fsp3) is 0.200. The third kappa shape index (κ3) is 1.90. The molecule has 0 spiro atoms. The molecule has 3 nitrogen and oxygen atoms in total. The number of aromatic nitrogens is 2. The van der Waals surface area contributed by atoms with Crippen LogP contribution in [0.5, 0.6) is 0 Å². The van der Waals surface area contributed by atoms with Crippen molar-refractivity contribution in [3.8, 4) is 0 Å². The standard InChI is InChI=1S/C10H10N2OS/c1-8-4-12(3-2-10(8)13)5-9-6-14-7-11-9/h2-4,6-7H,5H2,1H3. The van der Waals surface area contributed by atoms with E-state index in [1.807, 2.05) is 28.6 Å². The van der Waals surface area contributed by atoms with Crippen LogP contribution in [0.25, 0.3) is 0 Å². The number of aryl methyl sites for hydroxylation is 1. The van der Waals surface area contributed by atoms with Gasteiger partial charge in [-0.1, -0.05) is 0 Å². The van der Waals surface area contributed by atoms with Gasteiger partial charge in [0.1, 0.15) is 0 Å². The van der Waals surface area contributed by atoms with Gasteiger partial charge in [-0.2, -0.15) is 0 Å². The molecule has 0 radical (unpaired) electrons. The zero-order chi connectivity index (χ0) is 9.97. The summed E-state index contributed by atoms with van der Waals surface area (Å²) in [7, 11) is 0. The quantitative estimate of drug-likeness (QED) is 0.749. The van der Waals surface area contributed by atoms with Crippen LogP contribution in [0.3, 0.4) is 0 Å². The van der Waals surface area contributed by atoms with Crippen LogP contribution in [0, 0.1) is 6.92 Å². The second-order valence-corrected chi connectivity index (χ2v) is 3.86. The average molecular weight is 206 g/mol. The molecule has 0 saturated heterocycles. The molecule has 0 fully saturated rings. The smallest absolute Gasteiger partial charge is 0.184 e. The highest BCUT2D eigenvalue weighted by atomic mass is 32.1. The lowest BCUT2D eigenvalue weighted by molar-refractivity contribution is 0.766. The monoisotopic (exact) mass is 206 g/mol. The molecule has 2 heterocycles. The molecule has 2 aromatic heterocycles. The van der Waals surface area contributed by atoms with Gasteiger partial charge in [0.25, 0.3) is 0 Å². The van der Waals surface area contributed by atoms with Gasteiger partial charge in [0.05, 0.1) is 17.7 Å². The van der Waals surface area contributed by atoms with E-state index in [2.05, 4.69) is 4.98 Å². The summed E-state index contributed by atoms with van der Waals surface area (Å²) in [6.07, 6.45) is 3.64. The third-order valence-electron chi connectivity index (χ3n) is 1.99. The van der Waals surface area contributed by atoms with E-state index >= 15 is 0 Å². The van der Waals surface area contributed by atoms with E-state index in [4.69, 9.17) is 0 Å². The van der Waals surface area contributed by atoms with Crippen LogP contribution in [0.2, 0.25) is 0 Å². The van der Waals surface area contributed by atoms with Gasteiger partial charge < -0.3 is 4.57 Å². The van der Waals surface area contributed by atoms with Crippen molar-refractivity contribution in [1.82, 2.24) is 9.55 Å². The minimum atomic E-state index is 0.0829. The van der Waals surface area contributed by atoms with Gasteiger partial charge in [-0.15, -0.1) is 11.3 Å². The summed E-state index contributed by atoms with van der Waals surface area (Å²) in [6, 6.07) is 1.59. The lowest BCUT2D eigenvalue weighted by Crippen LogP contribution is -2.09. The van der Waals surface area contributed by atoms with E-state index in [9.17, 15) is 4.79 Å². The Bertz CT molecular complexity index is 473. The van der Waals surface area contributed by atoms with Crippen LogP contribution in [-0.4, -0.2) is 9.55 Å². The molecule has 2 rings (SSSR count). The molecule has 0 unspecified atom stereocenters. The minimum Gasteiger partial charge on any atom is -0.348 e. The summed E-state index contributed by atoms with van der Waals surface area (Å²) < 4.78 is 1.96. The lowest BCUT2D eigenvalue weighted by Gasteiger charge is -2.03. The SMILES string of the molecule is Cc1cn(Cc2cscn2)ccc1=O. The topological polar surface area (TPSA) is 34.9 Å². The zero-order valence-corrected chi connectivity index (χ0v) is 8.62. The molecular weight excluding hydrogens is 196 g/mol. The summed E-state index contributed by atoms with van der Waals surface area (Å²) in [5.41, 5.74) is 3.69. The number of rotatable bonds is 2. The second-order valence-electron chi connectivity index (χ2n) is 3.14. The molecule has 0 atom stereocenters. The number of hydrogen-bond donors (Lipinski definition) is 0. The van der Waals surface area contributed by atoms with Gasteiger partial charge in [0.2, 0.25) is 0 Å². The first-order valence-corrected chi connectivity index (χ1v) is 5.24. The maximum absolute atomic E-state index is 11.1. The maximum Gasteiger partial charge on any atom is 0.184 e. The Morgan fingerprint density at radius 3 is 3.07 bits per heavy atom. The van der Waals surface area contributed by atoms with Crippen molar-refractivity contribution in [3.63, 3.8) is 0 Å². The lowest BCUT2D eigenvalue weighted by atomic mass is 10.3. The number of thiazole rings is 1. The largest absolute Gasteiger partial charge is 0.348 e. The first-order valence-electron chi connectivity index (χ1n) is 4.29. The van der Waals surface area contributed by atoms with Gasteiger partial charge >= 0.3 is 0 Å². The van der Waals surface area contributed by atoms with Crippen LogP contribution >= 0.6 is 11.3 Å². The average Bonchev–Trinajstić information content (AvgIpc) is 2.64. The maximum atomic E-state index is 11.1. The van der Waals surface area contributed by atoms with Crippen LogP contribution in [0.1, 0.15) is 11.3 Å². The molecular formula is C10H10N2OS. The summed E-state index contributed by atoms with van der Waals surface area (Å²) in [4.78, 5) is 15.3. The fourth-order valence-electron chi connectivity index (χ4n) is 1.25. The van der Waals surface area contributed by atoms with Crippen LogP contribution in [0.4, 0.5) is 0 Å². The Balaban J connectivity index is 2.26. The Labute approximate surface area is 85.7 Å². The molecule has 14 heavy (non-hydrogen) atoms. The molecule has 0 aromatic carbocycles. The minimum absolute atomic E-state index is 0.0829. The first kappa shape index (κ1) is 9.15. The molecule has 0 N–H and O–H groups in total. The van der Waals surface area contributed by atoms with E-state index in [0.717, 1.165) is 17.8 Å². The van der Waals surface area contributed by atoms with Crippen molar-refractivity contribution in [1.29, 1.82) is 0 Å². The van der Waals surface area contributed by atoms with Crippen molar-refractivity contribution in [2.75, 3.05) is 0 Å². The van der Waals surface area contributed by atoms with Gasteiger partial charge in [0.15, 0.2) is 5.43 Å². The predicted molar refractivity (Wildman–Crippen MR) is 56.7 cm³/mol. The molecule has 2 aromatic rings. The molecule has 0 aliphatic heterocycles. The van der Waals surface area contributed by atoms with Gasteiger partial charge in [-0.25, -0.2) is 4.98 Å². The van der Waals surface area contributed by atoms with Crippen molar-refractivity contribution >= 4 is 11.3 Å². The number of pyridine rings is 1. The van der Waals surface area contributed by atoms with Gasteiger partial charge in [0, 0.05) is 29.4 Å². The van der Waals surface area contributed by atoms with E-state index in [1.165, 1.54) is 0 Å². The summed E-state index contributed by atoms with van der Waals surface area (Å²) in [5.74, 6) is 0. The number of nitrogens with zero attached hydrogens (tertiary/aromatic N) is 2. The first-order chi connectivity index (χ1) is 6.75. The van der Waals surface area contributed by atoms with Crippen molar-refractivity contribution in [2.24, 2.45) is 0 Å². The van der Waals surface area contributed by atoms with Crippen molar-refractivity contribution in [3.05, 3.63) is 50.8 Å². The van der Waals surface area contributed by atoms with Gasteiger partial charge in [-0.05, 0) is 6.92 Å². The molecule has 0 aliphatic carbocycles. The highest BCUT2D eigenvalue weighted by Crippen LogP contribution is 2.03. The van der Waals surface area contributed by atoms with Crippen LogP contribution in [0.15, 0.2) is 34.1 Å².